The van der Waals surface area contributed by atoms with Gasteiger partial charge >= 0.3 is 5.97 Å². The van der Waals surface area contributed by atoms with Gasteiger partial charge in [0.1, 0.15) is 0 Å². The molecule has 4 rings (SSSR count). The number of aromatic nitrogens is 2. The number of aryl methyl sites for hydroxylation is 2. The fraction of sp³-hybridized carbons (Fsp3) is 0.500. The van der Waals surface area contributed by atoms with E-state index in [1.165, 1.54) is 50.6 Å². The minimum Gasteiger partial charge on any atom is -0.476 e. The third-order valence-electron chi connectivity index (χ3n) is 5.23. The molecule has 0 spiro atoms. The number of carbonyl (C=O) groups is 1. The van der Waals surface area contributed by atoms with Crippen molar-refractivity contribution in [2.75, 3.05) is 26.2 Å². The molecular weight excluding hydrogens is 328 g/mol. The average Bonchev–Trinajstić information content (AvgIpc) is 3.00. The molecule has 3 N–H and O–H groups in total. The molecule has 2 heterocycles. The van der Waals surface area contributed by atoms with E-state index in [4.69, 9.17) is 5.11 Å². The van der Waals surface area contributed by atoms with Crippen LogP contribution in [0.2, 0.25) is 0 Å². The van der Waals surface area contributed by atoms with E-state index in [0.717, 1.165) is 24.3 Å². The van der Waals surface area contributed by atoms with Crippen molar-refractivity contribution in [3.8, 4) is 0 Å². The van der Waals surface area contributed by atoms with Crippen LogP contribution < -0.4 is 10.6 Å². The van der Waals surface area contributed by atoms with Crippen molar-refractivity contribution in [3.05, 3.63) is 54.1 Å². The second-order valence-electron chi connectivity index (χ2n) is 7.17. The van der Waals surface area contributed by atoms with Gasteiger partial charge in [-0.05, 0) is 62.3 Å². The van der Waals surface area contributed by atoms with E-state index < -0.39 is 5.97 Å². The number of imidazole rings is 1. The van der Waals surface area contributed by atoms with Crippen molar-refractivity contribution < 1.29 is 9.90 Å². The molecule has 26 heavy (non-hydrogen) atoms. The maximum Gasteiger partial charge on any atom is 0.356 e. The van der Waals surface area contributed by atoms with Crippen LogP contribution in [0.25, 0.3) is 0 Å². The average molecular weight is 356 g/mol. The van der Waals surface area contributed by atoms with E-state index in [0.29, 0.717) is 0 Å². The van der Waals surface area contributed by atoms with E-state index >= 15 is 0 Å². The lowest BCUT2D eigenvalue weighted by Gasteiger charge is -2.06. The lowest BCUT2D eigenvalue weighted by atomic mass is 10.1. The van der Waals surface area contributed by atoms with Crippen LogP contribution in [0.15, 0.2) is 42.9 Å². The summed E-state index contributed by atoms with van der Waals surface area (Å²) in [6, 6.07) is 10.8. The molecule has 1 aliphatic heterocycles. The normalized spacial score (nSPS) is 23.0. The molecule has 1 saturated heterocycles. The molecule has 6 heteroatoms. The maximum atomic E-state index is 10.1. The molecule has 6 nitrogen and oxygen atoms in total. The number of benzene rings is 1. The first-order valence-corrected chi connectivity index (χ1v) is 9.32. The summed E-state index contributed by atoms with van der Waals surface area (Å²) in [6.45, 7) is 4.94. The van der Waals surface area contributed by atoms with Gasteiger partial charge in [0.25, 0.3) is 0 Å². The van der Waals surface area contributed by atoms with Crippen molar-refractivity contribution in [2.24, 2.45) is 24.8 Å². The molecule has 2 unspecified atom stereocenters. The van der Waals surface area contributed by atoms with Gasteiger partial charge in [-0.3, -0.25) is 0 Å². The Kier molecular flexibility index (Phi) is 6.41. The Labute approximate surface area is 154 Å². The van der Waals surface area contributed by atoms with Gasteiger partial charge in [-0.1, -0.05) is 30.3 Å². The quantitative estimate of drug-likeness (QED) is 0.659. The molecule has 0 amide bonds. The predicted octanol–water partition coefficient (Wildman–Crippen LogP) is 1.79. The van der Waals surface area contributed by atoms with Crippen LogP contribution in [-0.2, 0) is 13.5 Å². The number of nitrogens with zero attached hydrogens (tertiary/aromatic N) is 2. The predicted molar refractivity (Wildman–Crippen MR) is 101 cm³/mol. The molecular formula is C20H28N4O2. The number of nitrogens with one attached hydrogen (secondary N) is 2. The van der Waals surface area contributed by atoms with E-state index in [2.05, 4.69) is 45.9 Å². The summed E-state index contributed by atoms with van der Waals surface area (Å²) in [6.07, 6.45) is 5.35. The smallest absolute Gasteiger partial charge is 0.356 e. The van der Waals surface area contributed by atoms with Crippen molar-refractivity contribution in [1.82, 2.24) is 20.2 Å². The lowest BCUT2D eigenvalue weighted by molar-refractivity contribution is 0.0691. The molecule has 0 radical (unpaired) electrons. The van der Waals surface area contributed by atoms with Gasteiger partial charge in [0.05, 0.1) is 6.33 Å². The monoisotopic (exact) mass is 356 g/mol. The van der Waals surface area contributed by atoms with Crippen LogP contribution in [-0.4, -0.2) is 46.8 Å². The number of carboxylic acids is 1. The molecule has 2 fully saturated rings. The first kappa shape index (κ1) is 18.6. The van der Waals surface area contributed by atoms with Crippen LogP contribution >= 0.6 is 0 Å². The van der Waals surface area contributed by atoms with Gasteiger partial charge in [0.2, 0.25) is 0 Å². The Bertz CT molecular complexity index is 691. The summed E-state index contributed by atoms with van der Waals surface area (Å²) in [5.41, 5.74) is 1.54. The second kappa shape index (κ2) is 8.96. The summed E-state index contributed by atoms with van der Waals surface area (Å²) in [4.78, 5) is 13.7. The summed E-state index contributed by atoms with van der Waals surface area (Å²) in [5.74, 6) is 1.98. The van der Waals surface area contributed by atoms with E-state index in [-0.39, 0.29) is 5.69 Å². The van der Waals surface area contributed by atoms with Gasteiger partial charge in [-0.2, -0.15) is 0 Å². The largest absolute Gasteiger partial charge is 0.476 e. The minimum atomic E-state index is -0.990. The minimum absolute atomic E-state index is 0.0810. The number of piperidine rings is 1. The second-order valence-corrected chi connectivity index (χ2v) is 7.17. The first-order valence-electron chi connectivity index (χ1n) is 9.32. The summed E-state index contributed by atoms with van der Waals surface area (Å²) < 4.78 is 1.59. The molecule has 1 aromatic heterocycles. The number of hydrogen-bond acceptors (Lipinski definition) is 4. The van der Waals surface area contributed by atoms with Crippen molar-refractivity contribution >= 4 is 5.97 Å². The van der Waals surface area contributed by atoms with Crippen molar-refractivity contribution in [3.63, 3.8) is 0 Å². The first-order chi connectivity index (χ1) is 12.6. The number of fused-ring (bicyclic) bond motifs is 1. The van der Waals surface area contributed by atoms with E-state index in [1.54, 1.807) is 11.6 Å². The van der Waals surface area contributed by atoms with Gasteiger partial charge in [-0.25, -0.2) is 9.78 Å². The third-order valence-corrected chi connectivity index (χ3v) is 5.23. The highest BCUT2D eigenvalue weighted by atomic mass is 16.4. The summed E-state index contributed by atoms with van der Waals surface area (Å²) >= 11 is 0. The zero-order valence-electron chi connectivity index (χ0n) is 15.3. The lowest BCUT2D eigenvalue weighted by Crippen LogP contribution is -2.24. The fourth-order valence-corrected chi connectivity index (χ4v) is 3.70. The Balaban J connectivity index is 0.000000185. The molecule has 2 aromatic rings. The van der Waals surface area contributed by atoms with Gasteiger partial charge in [0, 0.05) is 13.2 Å². The Morgan fingerprint density at radius 3 is 2.62 bits per heavy atom. The number of aromatic carboxylic acids is 1. The Morgan fingerprint density at radius 2 is 2.04 bits per heavy atom. The molecule has 1 saturated carbocycles. The topological polar surface area (TPSA) is 79.2 Å². The van der Waals surface area contributed by atoms with Crippen LogP contribution in [0.5, 0.6) is 0 Å². The molecule has 2 atom stereocenters. The zero-order valence-corrected chi connectivity index (χ0v) is 15.3. The highest BCUT2D eigenvalue weighted by molar-refractivity contribution is 5.84. The summed E-state index contributed by atoms with van der Waals surface area (Å²) in [7, 11) is 1.72. The SMILES string of the molecule is Cn1cnc(C(=O)O)c1.c1ccc(CCCNCC2C3CNCC23)cc1. The third kappa shape index (κ3) is 5.16. The van der Waals surface area contributed by atoms with Crippen LogP contribution in [0.3, 0.4) is 0 Å². The Hall–Kier alpha value is -2.18. The van der Waals surface area contributed by atoms with Crippen molar-refractivity contribution in [1.29, 1.82) is 0 Å². The highest BCUT2D eigenvalue weighted by Crippen LogP contribution is 2.47. The van der Waals surface area contributed by atoms with E-state index in [1.807, 2.05) is 0 Å². The molecule has 1 aromatic carbocycles. The van der Waals surface area contributed by atoms with Gasteiger partial charge in [-0.15, -0.1) is 0 Å². The van der Waals surface area contributed by atoms with Crippen LogP contribution in [0.4, 0.5) is 0 Å². The van der Waals surface area contributed by atoms with E-state index in [9.17, 15) is 4.79 Å². The molecule has 2 aliphatic rings. The van der Waals surface area contributed by atoms with Gasteiger partial charge < -0.3 is 20.3 Å². The molecule has 1 aliphatic carbocycles. The van der Waals surface area contributed by atoms with Crippen molar-refractivity contribution in [2.45, 2.75) is 12.8 Å². The molecule has 0 bridgehead atoms. The zero-order chi connectivity index (χ0) is 18.4. The molecule has 140 valence electrons. The number of hydrogen-bond donors (Lipinski definition) is 3. The number of rotatable bonds is 7. The summed E-state index contributed by atoms with van der Waals surface area (Å²) in [5, 5.41) is 15.4. The van der Waals surface area contributed by atoms with Gasteiger partial charge in [0.15, 0.2) is 5.69 Å². The Morgan fingerprint density at radius 1 is 1.31 bits per heavy atom. The van der Waals surface area contributed by atoms with Crippen LogP contribution in [0, 0.1) is 17.8 Å². The standard InChI is InChI=1S/C15H22N2.C5H6N2O2/c1-2-5-12(6-3-1)7-4-8-16-9-13-14-10-17-11-15(13)14;1-7-2-4(5(8)9)6-3-7/h1-3,5-6,13-17H,4,7-11H2;2-3H,1H3,(H,8,9). The maximum absolute atomic E-state index is 10.1. The van der Waals surface area contributed by atoms with Crippen LogP contribution in [0.1, 0.15) is 22.5 Å². The highest BCUT2D eigenvalue weighted by Gasteiger charge is 2.51. The fourth-order valence-electron chi connectivity index (χ4n) is 3.70. The number of carboxylic acid groups (broad SMARTS) is 1.